The first-order valence-corrected chi connectivity index (χ1v) is 11.7. The van der Waals surface area contributed by atoms with Crippen molar-refractivity contribution < 1.29 is 9.59 Å². The Hall–Kier alpha value is -3.93. The molecule has 0 radical (unpaired) electrons. The standard InChI is InChI=1S/C28H19Cl2N3O2/c29-21-10-5-11-22(30)26(21)27-32-23-13-12-18(16-24(23)33-27)25(34)15-17-6-4-7-19(14-17)28(35)31-20-8-2-1-3-9-20/h1-14,16H,15H2,(H,31,35)(H,32,33). The molecule has 0 unspecified atom stereocenters. The number of nitrogens with zero attached hydrogens (tertiary/aromatic N) is 1. The topological polar surface area (TPSA) is 74.8 Å². The second kappa shape index (κ2) is 9.74. The molecule has 7 heteroatoms. The molecule has 0 aliphatic carbocycles. The first-order chi connectivity index (χ1) is 17.0. The van der Waals surface area contributed by atoms with Crippen molar-refractivity contribution in [3.05, 3.63) is 118 Å². The first kappa shape index (κ1) is 22.8. The molecule has 0 saturated heterocycles. The van der Waals surface area contributed by atoms with Crippen LogP contribution in [0.2, 0.25) is 10.0 Å². The summed E-state index contributed by atoms with van der Waals surface area (Å²) in [6.45, 7) is 0. The van der Waals surface area contributed by atoms with E-state index in [1.165, 1.54) is 0 Å². The maximum absolute atomic E-state index is 13.0. The van der Waals surface area contributed by atoms with Crippen LogP contribution in [0.4, 0.5) is 5.69 Å². The summed E-state index contributed by atoms with van der Waals surface area (Å²) in [4.78, 5) is 33.4. The molecule has 0 fully saturated rings. The highest BCUT2D eigenvalue weighted by atomic mass is 35.5. The Balaban J connectivity index is 1.35. The van der Waals surface area contributed by atoms with Gasteiger partial charge in [0, 0.05) is 23.2 Å². The van der Waals surface area contributed by atoms with E-state index >= 15 is 0 Å². The van der Waals surface area contributed by atoms with Gasteiger partial charge >= 0.3 is 0 Å². The van der Waals surface area contributed by atoms with E-state index in [9.17, 15) is 9.59 Å². The van der Waals surface area contributed by atoms with E-state index in [2.05, 4.69) is 15.3 Å². The van der Waals surface area contributed by atoms with E-state index in [4.69, 9.17) is 23.2 Å². The van der Waals surface area contributed by atoms with Gasteiger partial charge in [-0.3, -0.25) is 9.59 Å². The maximum Gasteiger partial charge on any atom is 0.255 e. The van der Waals surface area contributed by atoms with E-state index in [1.807, 2.05) is 36.4 Å². The molecule has 1 amide bonds. The summed E-state index contributed by atoms with van der Waals surface area (Å²) in [5.74, 6) is 0.243. The van der Waals surface area contributed by atoms with Crippen molar-refractivity contribution in [1.29, 1.82) is 0 Å². The fourth-order valence-electron chi connectivity index (χ4n) is 3.86. The fourth-order valence-corrected chi connectivity index (χ4v) is 4.44. The Morgan fingerprint density at radius 1 is 0.800 bits per heavy atom. The average Bonchev–Trinajstić information content (AvgIpc) is 3.27. The number of para-hydroxylation sites is 1. The molecule has 5 rings (SSSR count). The number of hydrogen-bond donors (Lipinski definition) is 2. The number of ketones is 1. The molecule has 0 aliphatic rings. The summed E-state index contributed by atoms with van der Waals surface area (Å²) < 4.78 is 0. The number of H-pyrrole nitrogens is 1. The molecular weight excluding hydrogens is 481 g/mol. The minimum absolute atomic E-state index is 0.0700. The van der Waals surface area contributed by atoms with Crippen molar-refractivity contribution in [3.63, 3.8) is 0 Å². The van der Waals surface area contributed by atoms with E-state index in [-0.39, 0.29) is 18.1 Å². The van der Waals surface area contributed by atoms with Crippen LogP contribution in [-0.2, 0) is 6.42 Å². The van der Waals surface area contributed by atoms with Crippen LogP contribution in [0.25, 0.3) is 22.4 Å². The Morgan fingerprint density at radius 3 is 2.31 bits per heavy atom. The largest absolute Gasteiger partial charge is 0.338 e. The quantitative estimate of drug-likeness (QED) is 0.242. The zero-order chi connectivity index (χ0) is 24.4. The maximum atomic E-state index is 13.0. The summed E-state index contributed by atoms with van der Waals surface area (Å²) in [5.41, 5.74) is 4.52. The third kappa shape index (κ3) is 4.97. The molecule has 5 aromatic rings. The molecule has 2 N–H and O–H groups in total. The number of hydrogen-bond acceptors (Lipinski definition) is 3. The van der Waals surface area contributed by atoms with Crippen LogP contribution in [0.5, 0.6) is 0 Å². The summed E-state index contributed by atoms with van der Waals surface area (Å²) in [6.07, 6.45) is 0.162. The lowest BCUT2D eigenvalue weighted by molar-refractivity contribution is 0.0989. The zero-order valence-corrected chi connectivity index (χ0v) is 19.9. The van der Waals surface area contributed by atoms with E-state index < -0.39 is 0 Å². The van der Waals surface area contributed by atoms with Crippen molar-refractivity contribution in [1.82, 2.24) is 9.97 Å². The van der Waals surface area contributed by atoms with Gasteiger partial charge in [0.1, 0.15) is 5.82 Å². The summed E-state index contributed by atoms with van der Waals surface area (Å²) in [7, 11) is 0. The number of halogens is 2. The monoisotopic (exact) mass is 499 g/mol. The smallest absolute Gasteiger partial charge is 0.255 e. The third-order valence-electron chi connectivity index (χ3n) is 5.59. The fraction of sp³-hybridized carbons (Fsp3) is 0.0357. The van der Waals surface area contributed by atoms with Gasteiger partial charge in [-0.2, -0.15) is 0 Å². The van der Waals surface area contributed by atoms with E-state index in [0.29, 0.717) is 49.3 Å². The van der Waals surface area contributed by atoms with Crippen molar-refractivity contribution in [2.24, 2.45) is 0 Å². The zero-order valence-electron chi connectivity index (χ0n) is 18.4. The highest BCUT2D eigenvalue weighted by molar-refractivity contribution is 6.39. The number of carbonyl (C=O) groups is 2. The Morgan fingerprint density at radius 2 is 1.54 bits per heavy atom. The van der Waals surface area contributed by atoms with Crippen LogP contribution in [-0.4, -0.2) is 21.7 Å². The van der Waals surface area contributed by atoms with E-state index in [0.717, 1.165) is 5.56 Å². The molecule has 0 bridgehead atoms. The van der Waals surface area contributed by atoms with Gasteiger partial charge in [0.15, 0.2) is 5.78 Å². The molecule has 0 spiro atoms. The van der Waals surface area contributed by atoms with Crippen LogP contribution in [0, 0.1) is 0 Å². The molecule has 35 heavy (non-hydrogen) atoms. The van der Waals surface area contributed by atoms with Gasteiger partial charge in [-0.1, -0.05) is 59.6 Å². The van der Waals surface area contributed by atoms with Gasteiger partial charge in [0.05, 0.1) is 26.6 Å². The summed E-state index contributed by atoms with van der Waals surface area (Å²) >= 11 is 12.6. The average molecular weight is 500 g/mol. The number of rotatable bonds is 6. The second-order valence-electron chi connectivity index (χ2n) is 8.03. The van der Waals surface area contributed by atoms with Gasteiger partial charge in [-0.25, -0.2) is 4.98 Å². The third-order valence-corrected chi connectivity index (χ3v) is 6.22. The predicted octanol–water partition coefficient (Wildman–Crippen LogP) is 7.21. The minimum Gasteiger partial charge on any atom is -0.338 e. The normalized spacial score (nSPS) is 10.9. The molecule has 0 saturated carbocycles. The minimum atomic E-state index is -0.227. The summed E-state index contributed by atoms with van der Waals surface area (Å²) in [6, 6.07) is 26.9. The molecular formula is C28H19Cl2N3O2. The second-order valence-corrected chi connectivity index (χ2v) is 8.85. The lowest BCUT2D eigenvalue weighted by atomic mass is 10.0. The van der Waals surface area contributed by atoms with Crippen molar-refractivity contribution >= 4 is 51.6 Å². The molecule has 1 aromatic heterocycles. The van der Waals surface area contributed by atoms with Gasteiger partial charge in [-0.15, -0.1) is 0 Å². The molecule has 172 valence electrons. The van der Waals surface area contributed by atoms with Gasteiger partial charge < -0.3 is 10.3 Å². The number of nitrogens with one attached hydrogen (secondary N) is 2. The first-order valence-electron chi connectivity index (χ1n) is 10.9. The van der Waals surface area contributed by atoms with Crippen LogP contribution >= 0.6 is 23.2 Å². The lowest BCUT2D eigenvalue weighted by Crippen LogP contribution is -2.12. The lowest BCUT2D eigenvalue weighted by Gasteiger charge is -2.07. The van der Waals surface area contributed by atoms with Crippen molar-refractivity contribution in [2.45, 2.75) is 6.42 Å². The van der Waals surface area contributed by atoms with Gasteiger partial charge in [-0.05, 0) is 60.2 Å². The Bertz CT molecular complexity index is 1540. The molecule has 0 atom stereocenters. The van der Waals surface area contributed by atoms with Crippen molar-refractivity contribution in [2.75, 3.05) is 5.32 Å². The predicted molar refractivity (Wildman–Crippen MR) is 140 cm³/mol. The van der Waals surface area contributed by atoms with Crippen LogP contribution in [0.3, 0.4) is 0 Å². The highest BCUT2D eigenvalue weighted by Gasteiger charge is 2.15. The summed E-state index contributed by atoms with van der Waals surface area (Å²) in [5, 5.41) is 3.84. The number of benzene rings is 4. The van der Waals surface area contributed by atoms with Crippen molar-refractivity contribution in [3.8, 4) is 11.4 Å². The molecule has 5 nitrogen and oxygen atoms in total. The highest BCUT2D eigenvalue weighted by Crippen LogP contribution is 2.34. The Kier molecular flexibility index (Phi) is 6.36. The number of Topliss-reactive ketones (excluding diaryl/α,β-unsaturated/α-hetero) is 1. The number of carbonyl (C=O) groups excluding carboxylic acids is 2. The number of aromatic nitrogens is 2. The number of imidazole rings is 1. The number of fused-ring (bicyclic) bond motifs is 1. The van der Waals surface area contributed by atoms with E-state index in [1.54, 1.807) is 54.6 Å². The SMILES string of the molecule is O=C(Cc1cccc(C(=O)Nc2ccccc2)c1)c1ccc2nc(-c3c(Cl)cccc3Cl)[nH]c2c1. The van der Waals surface area contributed by atoms with Gasteiger partial charge in [0.2, 0.25) is 0 Å². The van der Waals surface area contributed by atoms with Gasteiger partial charge in [0.25, 0.3) is 5.91 Å². The number of amides is 1. The molecule has 0 aliphatic heterocycles. The Labute approximate surface area is 211 Å². The number of anilines is 1. The van der Waals surface area contributed by atoms with Crippen LogP contribution in [0.1, 0.15) is 26.3 Å². The van der Waals surface area contributed by atoms with Crippen LogP contribution in [0.15, 0.2) is 91.0 Å². The molecule has 1 heterocycles. The molecule has 4 aromatic carbocycles. The van der Waals surface area contributed by atoms with Crippen LogP contribution < -0.4 is 5.32 Å². The number of aromatic amines is 1.